The van der Waals surface area contributed by atoms with Gasteiger partial charge in [0, 0.05) is 18.9 Å². The molecule has 3 aromatic carbocycles. The molecule has 2 N–H and O–H groups in total. The summed E-state index contributed by atoms with van der Waals surface area (Å²) in [7, 11) is 0. The van der Waals surface area contributed by atoms with E-state index in [0.717, 1.165) is 28.3 Å². The van der Waals surface area contributed by atoms with Gasteiger partial charge in [-0.1, -0.05) is 66.4 Å². The Balaban J connectivity index is 1.32. The first-order valence-electron chi connectivity index (χ1n) is 10.2. The van der Waals surface area contributed by atoms with Crippen molar-refractivity contribution in [2.24, 2.45) is 0 Å². The molecular formula is C26H20FNO4. The zero-order valence-electron chi connectivity index (χ0n) is 17.1. The number of nitrogens with one attached hydrogen (secondary N) is 1. The fraction of sp³-hybridized carbons (Fsp3) is 0.154. The third-order valence-corrected chi connectivity index (χ3v) is 5.32. The molecule has 32 heavy (non-hydrogen) atoms. The number of alkyl carbamates (subject to hydrolysis) is 1. The van der Waals surface area contributed by atoms with Crippen LogP contribution in [0.1, 0.15) is 39.4 Å². The number of carbonyl (C=O) groups excluding carboxylic acids is 1. The van der Waals surface area contributed by atoms with Gasteiger partial charge in [-0.05, 0) is 34.4 Å². The van der Waals surface area contributed by atoms with Gasteiger partial charge >= 0.3 is 12.1 Å². The summed E-state index contributed by atoms with van der Waals surface area (Å²) >= 11 is 0. The topological polar surface area (TPSA) is 75.6 Å². The maximum atomic E-state index is 13.9. The summed E-state index contributed by atoms with van der Waals surface area (Å²) in [6, 6.07) is 19.9. The number of rotatable bonds is 5. The number of carbonyl (C=O) groups is 2. The minimum Gasteiger partial charge on any atom is -0.478 e. The Morgan fingerprint density at radius 2 is 1.62 bits per heavy atom. The number of fused-ring (bicyclic) bond motifs is 3. The highest BCUT2D eigenvalue weighted by atomic mass is 19.1. The first kappa shape index (κ1) is 21.1. The van der Waals surface area contributed by atoms with Crippen LogP contribution in [0.2, 0.25) is 0 Å². The molecule has 1 aliphatic rings. The summed E-state index contributed by atoms with van der Waals surface area (Å²) in [5.41, 5.74) is 4.21. The lowest BCUT2D eigenvalue weighted by atomic mass is 9.98. The molecule has 3 aromatic rings. The van der Waals surface area contributed by atoms with Gasteiger partial charge in [0.2, 0.25) is 0 Å². The Morgan fingerprint density at radius 1 is 0.969 bits per heavy atom. The van der Waals surface area contributed by atoms with Gasteiger partial charge in [-0.3, -0.25) is 0 Å². The molecule has 1 aliphatic carbocycles. The normalized spacial score (nSPS) is 11.7. The Morgan fingerprint density at radius 3 is 2.28 bits per heavy atom. The second-order valence-electron chi connectivity index (χ2n) is 7.27. The van der Waals surface area contributed by atoms with Crippen molar-refractivity contribution in [1.29, 1.82) is 0 Å². The van der Waals surface area contributed by atoms with Crippen LogP contribution in [0, 0.1) is 17.7 Å². The van der Waals surface area contributed by atoms with Crippen LogP contribution in [0.4, 0.5) is 9.18 Å². The number of benzene rings is 3. The van der Waals surface area contributed by atoms with Crippen molar-refractivity contribution in [2.45, 2.75) is 12.3 Å². The molecule has 0 fully saturated rings. The highest BCUT2D eigenvalue weighted by molar-refractivity contribution is 5.90. The molecule has 0 radical (unpaired) electrons. The van der Waals surface area contributed by atoms with Crippen molar-refractivity contribution in [3.8, 4) is 23.0 Å². The summed E-state index contributed by atoms with van der Waals surface area (Å²) in [6.45, 7) is 0.406. The Kier molecular flexibility index (Phi) is 6.18. The third-order valence-electron chi connectivity index (χ3n) is 5.32. The van der Waals surface area contributed by atoms with E-state index in [-0.39, 0.29) is 36.6 Å². The van der Waals surface area contributed by atoms with Crippen molar-refractivity contribution in [3.63, 3.8) is 0 Å². The molecule has 0 unspecified atom stereocenters. The molecule has 0 heterocycles. The number of ether oxygens (including phenoxy) is 1. The van der Waals surface area contributed by atoms with Crippen molar-refractivity contribution >= 4 is 12.1 Å². The molecule has 1 amide bonds. The summed E-state index contributed by atoms with van der Waals surface area (Å²) in [6.07, 6.45) is -0.344. The summed E-state index contributed by atoms with van der Waals surface area (Å²) in [5.74, 6) is 3.27. The average molecular weight is 429 g/mol. The molecule has 5 nitrogen and oxygen atoms in total. The first-order chi connectivity index (χ1) is 15.6. The van der Waals surface area contributed by atoms with E-state index in [9.17, 15) is 14.0 Å². The minimum atomic E-state index is -1.24. The monoisotopic (exact) mass is 429 g/mol. The number of carboxylic acid groups (broad SMARTS) is 1. The molecule has 0 bridgehead atoms. The van der Waals surface area contributed by atoms with Gasteiger partial charge < -0.3 is 15.2 Å². The second-order valence-corrected chi connectivity index (χ2v) is 7.27. The summed E-state index contributed by atoms with van der Waals surface area (Å²) < 4.78 is 19.3. The first-order valence-corrected chi connectivity index (χ1v) is 10.2. The van der Waals surface area contributed by atoms with E-state index in [0.29, 0.717) is 0 Å². The van der Waals surface area contributed by atoms with Crippen LogP contribution in [-0.4, -0.2) is 30.3 Å². The quantitative estimate of drug-likeness (QED) is 0.451. The van der Waals surface area contributed by atoms with Gasteiger partial charge in [0.1, 0.15) is 12.4 Å². The van der Waals surface area contributed by atoms with Gasteiger partial charge in [-0.25, -0.2) is 14.0 Å². The van der Waals surface area contributed by atoms with Crippen LogP contribution in [0.5, 0.6) is 0 Å². The number of hydrogen-bond acceptors (Lipinski definition) is 3. The van der Waals surface area contributed by atoms with E-state index < -0.39 is 17.9 Å². The molecule has 0 spiro atoms. The highest BCUT2D eigenvalue weighted by Crippen LogP contribution is 2.44. The van der Waals surface area contributed by atoms with Gasteiger partial charge in [0.25, 0.3) is 0 Å². The van der Waals surface area contributed by atoms with Crippen LogP contribution in [0.15, 0.2) is 66.7 Å². The SMILES string of the molecule is O=C(NCCC#Cc1c(F)cccc1C(=O)O)OCC1c2ccccc2-c2ccccc21. The van der Waals surface area contributed by atoms with Crippen LogP contribution < -0.4 is 5.32 Å². The van der Waals surface area contributed by atoms with E-state index >= 15 is 0 Å². The molecule has 0 aromatic heterocycles. The van der Waals surface area contributed by atoms with Crippen molar-refractivity contribution < 1.29 is 23.8 Å². The van der Waals surface area contributed by atoms with Crippen molar-refractivity contribution in [1.82, 2.24) is 5.32 Å². The summed E-state index contributed by atoms with van der Waals surface area (Å²) in [5, 5.41) is 11.7. The van der Waals surface area contributed by atoms with Crippen LogP contribution in [0.25, 0.3) is 11.1 Å². The van der Waals surface area contributed by atoms with E-state index in [1.54, 1.807) is 0 Å². The van der Waals surface area contributed by atoms with Gasteiger partial charge in [0.15, 0.2) is 0 Å². The summed E-state index contributed by atoms with van der Waals surface area (Å²) in [4.78, 5) is 23.3. The molecule has 6 heteroatoms. The Bertz CT molecular complexity index is 1200. The number of halogens is 1. The van der Waals surface area contributed by atoms with Crippen LogP contribution in [-0.2, 0) is 4.74 Å². The molecule has 160 valence electrons. The van der Waals surface area contributed by atoms with Crippen molar-refractivity contribution in [2.75, 3.05) is 13.2 Å². The number of aromatic carboxylic acids is 1. The molecule has 0 saturated heterocycles. The van der Waals surface area contributed by atoms with E-state index in [1.807, 2.05) is 36.4 Å². The lowest BCUT2D eigenvalue weighted by Crippen LogP contribution is -2.26. The lowest BCUT2D eigenvalue weighted by molar-refractivity contribution is 0.0696. The predicted molar refractivity (Wildman–Crippen MR) is 118 cm³/mol. The van der Waals surface area contributed by atoms with Crippen molar-refractivity contribution in [3.05, 3.63) is 94.8 Å². The van der Waals surface area contributed by atoms with E-state index in [2.05, 4.69) is 29.3 Å². The largest absolute Gasteiger partial charge is 0.478 e. The van der Waals surface area contributed by atoms with Crippen LogP contribution in [0.3, 0.4) is 0 Å². The maximum absolute atomic E-state index is 13.9. The molecule has 0 saturated carbocycles. The molecule has 4 rings (SSSR count). The lowest BCUT2D eigenvalue weighted by Gasteiger charge is -2.14. The second kappa shape index (κ2) is 9.36. The standard InChI is InChI=1S/C26H20FNO4/c27-24-14-7-13-22(25(29)30)21(24)12-5-6-15-28-26(31)32-16-23-19-10-3-1-8-17(19)18-9-2-4-11-20(18)23/h1-4,7-11,13-14,23H,6,15-16H2,(H,28,31)(H,29,30). The van der Waals surface area contributed by atoms with Gasteiger partial charge in [0.05, 0.1) is 11.1 Å². The predicted octanol–water partition coefficient (Wildman–Crippen LogP) is 4.80. The average Bonchev–Trinajstić information content (AvgIpc) is 3.12. The Labute approximate surface area is 184 Å². The fourth-order valence-electron chi connectivity index (χ4n) is 3.86. The van der Waals surface area contributed by atoms with E-state index in [4.69, 9.17) is 9.84 Å². The van der Waals surface area contributed by atoms with Crippen LogP contribution >= 0.6 is 0 Å². The third kappa shape index (κ3) is 4.33. The number of carboxylic acids is 1. The molecule has 0 aliphatic heterocycles. The molecule has 0 atom stereocenters. The van der Waals surface area contributed by atoms with Gasteiger partial charge in [-0.2, -0.15) is 0 Å². The van der Waals surface area contributed by atoms with Gasteiger partial charge in [-0.15, -0.1) is 0 Å². The smallest absolute Gasteiger partial charge is 0.407 e. The number of hydrogen-bond donors (Lipinski definition) is 2. The Hall–Kier alpha value is -4.11. The highest BCUT2D eigenvalue weighted by Gasteiger charge is 2.28. The maximum Gasteiger partial charge on any atom is 0.407 e. The van der Waals surface area contributed by atoms with E-state index in [1.165, 1.54) is 12.1 Å². The zero-order valence-corrected chi connectivity index (χ0v) is 17.1. The fourth-order valence-corrected chi connectivity index (χ4v) is 3.86. The molecular weight excluding hydrogens is 409 g/mol. The zero-order chi connectivity index (χ0) is 22.5. The number of amides is 1. The minimum absolute atomic E-state index is 0.0246.